The number of hydrogen-bond donors (Lipinski definition) is 2. The standard InChI is InChI=1S/C20H16BF6NO7S.C18H20BF6NO7S.C16H14BF6NO7S/c21-9-14-8-13(6-7-15(14)28-17(30)34-10-12-4-2-1-3-5-12)16(29)35-18(19(22,23)24,20(25,26)27)11-36(31,32)33;1-15(2,3)33-14(28)26(4)12-6-5-10(7-11(12)8-19)13(27)32-16(17(20,21)22,18(23,24)25)9-34(29,30)31;1-2-5-30-13(26)24-11-4-3-9(6-10(11)7-17)12(25)31-14(15(18,19)20,16(21,22)23)8-32(27,28)29/h1-8H,9-11H2,(H,28,30)(H,31,32,33);5-7H,8-9H2,1-4H3,(H,29,30,31);2-4,6H,1,5,7-8H2,(H,24,26)(H,27,28,29)/p-3. The van der Waals surface area contributed by atoms with Gasteiger partial charge in [0.15, 0.2) is 0 Å². The Kier molecular flexibility index (Phi) is 29.6. The van der Waals surface area contributed by atoms with E-state index in [0.717, 1.165) is 41.3 Å². The van der Waals surface area contributed by atoms with Gasteiger partial charge in [0.25, 0.3) is 0 Å². The van der Waals surface area contributed by atoms with Crippen LogP contribution in [0.4, 0.5) is 110 Å². The first-order chi connectivity index (χ1) is 46.0. The molecule has 4 aromatic rings. The molecule has 0 aliphatic carbocycles. The van der Waals surface area contributed by atoms with Crippen molar-refractivity contribution in [3.05, 3.63) is 137 Å². The summed E-state index contributed by atoms with van der Waals surface area (Å²) in [7, 11) is -0.887. The van der Waals surface area contributed by atoms with E-state index in [1.807, 2.05) is 0 Å². The van der Waals surface area contributed by atoms with Crippen LogP contribution in [-0.2, 0) is 84.3 Å². The summed E-state index contributed by atoms with van der Waals surface area (Å²) >= 11 is 0. The third kappa shape index (κ3) is 24.9. The molecule has 0 bridgehead atoms. The molecule has 48 heteroatoms. The molecule has 0 aromatic heterocycles. The van der Waals surface area contributed by atoms with Gasteiger partial charge in [-0.1, -0.05) is 61.9 Å². The van der Waals surface area contributed by atoms with Crippen LogP contribution in [0.3, 0.4) is 0 Å². The minimum atomic E-state index is -6.51. The van der Waals surface area contributed by atoms with E-state index in [-0.39, 0.29) is 47.0 Å². The summed E-state index contributed by atoms with van der Waals surface area (Å²) in [5.41, 5.74) is -20.3. The van der Waals surface area contributed by atoms with Crippen molar-refractivity contribution < 1.29 is 175 Å². The van der Waals surface area contributed by atoms with Crippen molar-refractivity contribution in [1.82, 2.24) is 0 Å². The molecule has 3 amide bonds. The summed E-state index contributed by atoms with van der Waals surface area (Å²) in [4.78, 5) is 73.3. The summed E-state index contributed by atoms with van der Waals surface area (Å²) in [6.07, 6.45) is -42.0. The van der Waals surface area contributed by atoms with Gasteiger partial charge in [-0.25, -0.2) is 54.0 Å². The number of ether oxygens (including phenoxy) is 6. The Hall–Kier alpha value is -8.50. The molecule has 6 radical (unpaired) electrons. The molecule has 0 saturated carbocycles. The van der Waals surface area contributed by atoms with Crippen molar-refractivity contribution in [2.24, 2.45) is 0 Å². The number of nitrogens with zero attached hydrogens (tertiary/aromatic N) is 1. The van der Waals surface area contributed by atoms with Crippen LogP contribution in [0.1, 0.15) is 74.1 Å². The Morgan fingerprint density at radius 3 is 1.06 bits per heavy atom. The van der Waals surface area contributed by atoms with Gasteiger partial charge in [0.1, 0.15) is 18.8 Å². The number of carbonyl (C=O) groups excluding carboxylic acids is 6. The molecule has 2 N–H and O–H groups in total. The van der Waals surface area contributed by atoms with E-state index in [4.69, 9.17) is 33.0 Å². The fourth-order valence-corrected chi connectivity index (χ4v) is 10.3. The van der Waals surface area contributed by atoms with E-state index in [9.17, 15) is 147 Å². The van der Waals surface area contributed by atoms with Crippen LogP contribution >= 0.6 is 0 Å². The Balaban J connectivity index is 0.000000521. The highest BCUT2D eigenvalue weighted by atomic mass is 32.2. The van der Waals surface area contributed by atoms with E-state index in [2.05, 4.69) is 36.2 Å². The molecule has 0 aliphatic rings. The van der Waals surface area contributed by atoms with Gasteiger partial charge in [0.2, 0.25) is 0 Å². The van der Waals surface area contributed by atoms with Gasteiger partial charge in [-0.05, 0) is 97.6 Å². The van der Waals surface area contributed by atoms with Crippen LogP contribution in [0.2, 0.25) is 0 Å². The zero-order valence-corrected chi connectivity index (χ0v) is 54.3. The highest BCUT2D eigenvalue weighted by Gasteiger charge is 2.77. The molecular weight excluding hydrogens is 1500 g/mol. The number of anilines is 3. The number of rotatable bonds is 22. The molecule has 0 heterocycles. The summed E-state index contributed by atoms with van der Waals surface area (Å²) < 4.78 is 362. The van der Waals surface area contributed by atoms with Gasteiger partial charge < -0.3 is 42.1 Å². The van der Waals surface area contributed by atoms with Crippen molar-refractivity contribution in [1.29, 1.82) is 0 Å². The fraction of sp³-hybridized carbons (Fsp3) is 0.407. The second kappa shape index (κ2) is 33.7. The van der Waals surface area contributed by atoms with Crippen LogP contribution in [-0.4, -0.2) is 189 Å². The smallest absolute Gasteiger partial charge is 0.438 e. The van der Waals surface area contributed by atoms with Gasteiger partial charge >= 0.3 is 90.0 Å². The number of carbonyl (C=O) groups is 6. The monoisotopic (exact) mass is 1540 g/mol. The largest absolute Gasteiger partial charge is 0.748 e. The molecule has 0 atom stereocenters. The van der Waals surface area contributed by atoms with Crippen LogP contribution in [0.25, 0.3) is 0 Å². The van der Waals surface area contributed by atoms with Crippen molar-refractivity contribution in [2.45, 2.75) is 106 Å². The third-order valence-corrected chi connectivity index (χ3v) is 14.7. The van der Waals surface area contributed by atoms with Crippen LogP contribution in [0.15, 0.2) is 97.6 Å². The molecule has 0 saturated heterocycles. The number of amides is 3. The second-order valence-electron chi connectivity index (χ2n) is 21.2. The molecule has 24 nitrogen and oxygen atoms in total. The number of benzene rings is 4. The Morgan fingerprint density at radius 1 is 0.471 bits per heavy atom. The molecule has 4 aromatic carbocycles. The quantitative estimate of drug-likeness (QED) is 0.0184. The lowest BCUT2D eigenvalue weighted by Gasteiger charge is -2.37. The number of hydrogen-bond acceptors (Lipinski definition) is 21. The topological polar surface area (TPSA) is 357 Å². The molecule has 0 spiro atoms. The maximum absolute atomic E-state index is 13.3. The lowest BCUT2D eigenvalue weighted by molar-refractivity contribution is -0.356. The Morgan fingerprint density at radius 2 is 0.775 bits per heavy atom. The van der Waals surface area contributed by atoms with Gasteiger partial charge in [0, 0.05) is 24.1 Å². The molecule has 560 valence electrons. The summed E-state index contributed by atoms with van der Waals surface area (Å²) in [5, 5.41) is 4.42. The lowest BCUT2D eigenvalue weighted by atomic mass is 9.93. The van der Waals surface area contributed by atoms with Gasteiger partial charge in [-0.15, -0.1) is 0 Å². The number of halogens is 18. The first-order valence-corrected chi connectivity index (χ1v) is 31.6. The maximum atomic E-state index is 13.3. The predicted molar refractivity (Wildman–Crippen MR) is 312 cm³/mol. The molecule has 0 aliphatic heterocycles. The molecule has 4 rings (SSSR count). The highest BCUT2D eigenvalue weighted by molar-refractivity contribution is 7.86. The van der Waals surface area contributed by atoms with Crippen LogP contribution in [0, 0.1) is 0 Å². The fourth-order valence-electron chi connectivity index (χ4n) is 7.61. The second-order valence-corrected chi connectivity index (χ2v) is 25.4. The normalized spacial score (nSPS) is 12.9. The Bertz CT molecular complexity index is 3980. The first kappa shape index (κ1) is 89.6. The molecule has 0 unspecified atom stereocenters. The van der Waals surface area contributed by atoms with Crippen LogP contribution < -0.4 is 15.5 Å². The minimum absolute atomic E-state index is 0.00772. The van der Waals surface area contributed by atoms with E-state index >= 15 is 0 Å². The van der Waals surface area contributed by atoms with E-state index < -0.39 is 179 Å². The van der Waals surface area contributed by atoms with Crippen LogP contribution in [0.5, 0.6) is 0 Å². The lowest BCUT2D eigenvalue weighted by Crippen LogP contribution is -2.63. The van der Waals surface area contributed by atoms with Gasteiger partial charge in [-0.3, -0.25) is 15.5 Å². The first-order valence-electron chi connectivity index (χ1n) is 26.9. The summed E-state index contributed by atoms with van der Waals surface area (Å²) in [6, 6.07) is 15.5. The van der Waals surface area contributed by atoms with Crippen molar-refractivity contribution in [2.75, 3.05) is 46.4 Å². The third-order valence-electron chi connectivity index (χ3n) is 12.4. The number of alkyl halides is 18. The average molecular weight is 1540 g/mol. The van der Waals surface area contributed by atoms with Gasteiger partial charge in [0.05, 0.1) is 87.8 Å². The SMILES string of the molecule is [B]Cc1cc(C(=O)OC(CS(=O)(=O)[O-])(C(F)(F)F)C(F)(F)F)ccc1N(C)C(=O)OC(C)(C)C.[B]Cc1cc(C(=O)OC(CS(=O)(=O)[O-])(C(F)(F)F)C(F)(F)F)ccc1NC(=O)OCC=C.[B]Cc1cc(C(=O)OC(CS(=O)(=O)[O-])(C(F)(F)F)C(F)(F)F)ccc1NC(=O)OCc1ccccc1. The van der Waals surface area contributed by atoms with Gasteiger partial charge in [-0.2, -0.15) is 79.0 Å². The average Bonchev–Trinajstić information content (AvgIpc) is 0.757. The molecular formula is C54H47B3F18N3O21S3-3. The zero-order valence-electron chi connectivity index (χ0n) is 51.8. The molecule has 102 heavy (non-hydrogen) atoms. The minimum Gasteiger partial charge on any atom is -0.748 e. The van der Waals surface area contributed by atoms with E-state index in [1.54, 1.807) is 51.1 Å². The molecule has 0 fully saturated rings. The van der Waals surface area contributed by atoms with Crippen molar-refractivity contribution in [3.8, 4) is 0 Å². The Labute approximate surface area is 569 Å². The maximum Gasteiger partial charge on any atom is 0.438 e. The summed E-state index contributed by atoms with van der Waals surface area (Å²) in [6.45, 7) is 7.68. The summed E-state index contributed by atoms with van der Waals surface area (Å²) in [5.74, 6) is -16.1. The predicted octanol–water partition coefficient (Wildman–Crippen LogP) is 9.62. The number of nitrogens with one attached hydrogen (secondary N) is 2. The van der Waals surface area contributed by atoms with Crippen molar-refractivity contribution in [3.63, 3.8) is 0 Å². The number of esters is 3. The zero-order chi connectivity index (χ0) is 79.2. The van der Waals surface area contributed by atoms with Crippen molar-refractivity contribution >= 4 is 107 Å². The van der Waals surface area contributed by atoms with E-state index in [0.29, 0.717) is 23.8 Å². The highest BCUT2D eigenvalue weighted by Crippen LogP contribution is 2.50. The van der Waals surface area contributed by atoms with E-state index in [1.165, 1.54) is 13.1 Å².